The third-order valence-electron chi connectivity index (χ3n) is 4.49. The van der Waals surface area contributed by atoms with E-state index in [1.54, 1.807) is 45.0 Å². The van der Waals surface area contributed by atoms with Gasteiger partial charge in [0, 0.05) is 15.7 Å². The molecule has 3 N–H and O–H groups in total. The van der Waals surface area contributed by atoms with E-state index in [0.29, 0.717) is 20.8 Å². The van der Waals surface area contributed by atoms with E-state index in [0.717, 1.165) is 12.1 Å². The highest BCUT2D eigenvalue weighted by molar-refractivity contribution is 7.93. The monoisotopic (exact) mass is 560 g/mol. The van der Waals surface area contributed by atoms with E-state index in [1.165, 1.54) is 18.2 Å². The highest BCUT2D eigenvalue weighted by Crippen LogP contribution is 2.40. The Kier molecular flexibility index (Phi) is 7.76. The average Bonchev–Trinajstić information content (AvgIpc) is 2.69. The molecule has 0 saturated heterocycles. The molecule has 35 heavy (non-hydrogen) atoms. The number of carbonyl (C=O) groups excluding carboxylic acids is 1. The van der Waals surface area contributed by atoms with Gasteiger partial charge in [0.25, 0.3) is 10.0 Å². The van der Waals surface area contributed by atoms with E-state index in [4.69, 9.17) is 27.9 Å². The molecule has 0 saturated carbocycles. The fourth-order valence-electron chi connectivity index (χ4n) is 3.16. The van der Waals surface area contributed by atoms with Gasteiger partial charge in [-0.25, -0.2) is 13.2 Å². The summed E-state index contributed by atoms with van der Waals surface area (Å²) in [4.78, 5) is 30.9. The number of hydrogen-bond acceptors (Lipinski definition) is 5. The van der Waals surface area contributed by atoms with Gasteiger partial charge >= 0.3 is 13.7 Å². The van der Waals surface area contributed by atoms with Gasteiger partial charge in [0.1, 0.15) is 11.9 Å². The van der Waals surface area contributed by atoms with Gasteiger partial charge in [-0.2, -0.15) is 0 Å². The summed E-state index contributed by atoms with van der Waals surface area (Å²) in [5.41, 5.74) is -0.200. The summed E-state index contributed by atoms with van der Waals surface area (Å²) in [6.07, 6.45) is -1.73. The maximum absolute atomic E-state index is 13.3. The maximum atomic E-state index is 13.3. The minimum atomic E-state index is -4.81. The zero-order valence-corrected chi connectivity index (χ0v) is 22.1. The van der Waals surface area contributed by atoms with Gasteiger partial charge in [-0.3, -0.25) is 14.2 Å². The summed E-state index contributed by atoms with van der Waals surface area (Å²) in [7, 11) is -9.25. The fraction of sp³-hybridized carbons (Fsp3) is 0.227. The van der Waals surface area contributed by atoms with E-state index < -0.39 is 35.6 Å². The van der Waals surface area contributed by atoms with Crippen LogP contribution < -0.4 is 9.62 Å². The predicted molar refractivity (Wildman–Crippen MR) is 137 cm³/mol. The third-order valence-corrected chi connectivity index (χ3v) is 7.52. The van der Waals surface area contributed by atoms with Crippen LogP contribution >= 0.6 is 30.8 Å². The first-order valence-corrected chi connectivity index (χ1v) is 14.1. The third kappa shape index (κ3) is 7.33. The second kappa shape index (κ2) is 9.97. The SMILES string of the molecule is CC(C)(C)OC(=O)Nc1ccc2cc(N(CP(=O)(O)O)S(=O)(=O)c3cc(Cl)cc(Cl)c3)ccc2c1. The number of benzene rings is 3. The first-order chi connectivity index (χ1) is 16.0. The number of rotatable bonds is 6. The van der Waals surface area contributed by atoms with Crippen molar-refractivity contribution in [1.29, 1.82) is 0 Å². The molecular formula is C22H23Cl2N2O7PS. The van der Waals surface area contributed by atoms with Crippen molar-refractivity contribution in [2.75, 3.05) is 15.9 Å². The van der Waals surface area contributed by atoms with Crippen LogP contribution in [0.5, 0.6) is 0 Å². The van der Waals surface area contributed by atoms with Crippen LogP contribution in [0.15, 0.2) is 59.5 Å². The van der Waals surface area contributed by atoms with Gasteiger partial charge in [-0.05, 0) is 74.0 Å². The summed E-state index contributed by atoms with van der Waals surface area (Å²) in [5, 5.41) is 3.93. The summed E-state index contributed by atoms with van der Waals surface area (Å²) in [6, 6.07) is 12.9. The summed E-state index contributed by atoms with van der Waals surface area (Å²) in [6.45, 7) is 5.22. The Bertz CT molecular complexity index is 1420. The molecule has 0 spiro atoms. The van der Waals surface area contributed by atoms with Crippen molar-refractivity contribution < 1.29 is 32.3 Å². The largest absolute Gasteiger partial charge is 0.444 e. The van der Waals surface area contributed by atoms with Gasteiger partial charge in [0.2, 0.25) is 0 Å². The molecule has 3 aromatic carbocycles. The molecule has 0 atom stereocenters. The molecule has 13 heteroatoms. The van der Waals surface area contributed by atoms with E-state index in [-0.39, 0.29) is 20.6 Å². The van der Waals surface area contributed by atoms with E-state index >= 15 is 0 Å². The highest BCUT2D eigenvalue weighted by Gasteiger charge is 2.32. The van der Waals surface area contributed by atoms with Crippen molar-refractivity contribution in [3.8, 4) is 0 Å². The molecule has 188 valence electrons. The van der Waals surface area contributed by atoms with Gasteiger partial charge in [0.15, 0.2) is 0 Å². The molecular weight excluding hydrogens is 538 g/mol. The molecule has 0 aliphatic rings. The zero-order valence-electron chi connectivity index (χ0n) is 18.9. The lowest BCUT2D eigenvalue weighted by Crippen LogP contribution is -2.32. The Hall–Kier alpha value is -2.33. The van der Waals surface area contributed by atoms with Crippen LogP contribution in [-0.2, 0) is 19.3 Å². The Morgan fingerprint density at radius 3 is 2.14 bits per heavy atom. The normalized spacial score (nSPS) is 12.4. The minimum Gasteiger partial charge on any atom is -0.444 e. The number of halogens is 2. The van der Waals surface area contributed by atoms with Crippen LogP contribution in [0.1, 0.15) is 20.8 Å². The average molecular weight is 561 g/mol. The first kappa shape index (κ1) is 27.3. The number of hydrogen-bond donors (Lipinski definition) is 3. The molecule has 0 aromatic heterocycles. The highest BCUT2D eigenvalue weighted by atomic mass is 35.5. The standard InChI is InChI=1S/C22H23Cl2N2O7PS/c1-22(2,3)33-21(27)25-18-6-4-15-9-19(7-5-14(15)8-18)26(13-34(28,29)30)35(31,32)20-11-16(23)10-17(24)12-20/h4-12H,13H2,1-3H3,(H,25,27)(H2,28,29,30). The van der Waals surface area contributed by atoms with Crippen LogP contribution in [0.25, 0.3) is 10.8 Å². The number of nitrogens with zero attached hydrogens (tertiary/aromatic N) is 1. The Balaban J connectivity index is 2.01. The second-order valence-electron chi connectivity index (χ2n) is 8.64. The molecule has 3 rings (SSSR count). The number of amides is 1. The minimum absolute atomic E-state index is 0.0183. The maximum Gasteiger partial charge on any atom is 0.412 e. The van der Waals surface area contributed by atoms with Crippen LogP contribution in [-0.4, -0.2) is 36.2 Å². The number of fused-ring (bicyclic) bond motifs is 1. The molecule has 1 amide bonds. The molecule has 0 fully saturated rings. The Morgan fingerprint density at radius 1 is 1.00 bits per heavy atom. The quantitative estimate of drug-likeness (QED) is 0.323. The summed E-state index contributed by atoms with van der Waals surface area (Å²) < 4.78 is 44.4. The number of ether oxygens (including phenoxy) is 1. The van der Waals surface area contributed by atoms with E-state index in [9.17, 15) is 27.6 Å². The van der Waals surface area contributed by atoms with Crippen LogP contribution in [0.2, 0.25) is 10.0 Å². The smallest absolute Gasteiger partial charge is 0.412 e. The second-order valence-corrected chi connectivity index (χ2v) is 13.0. The van der Waals surface area contributed by atoms with Crippen molar-refractivity contribution >= 4 is 69.1 Å². The van der Waals surface area contributed by atoms with Crippen LogP contribution in [0.4, 0.5) is 16.2 Å². The fourth-order valence-corrected chi connectivity index (χ4v) is 6.57. The lowest BCUT2D eigenvalue weighted by Gasteiger charge is -2.25. The summed E-state index contributed by atoms with van der Waals surface area (Å²) in [5.74, 6) is 0. The predicted octanol–water partition coefficient (Wildman–Crippen LogP) is 5.82. The molecule has 3 aromatic rings. The van der Waals surface area contributed by atoms with Crippen molar-refractivity contribution in [3.63, 3.8) is 0 Å². The topological polar surface area (TPSA) is 133 Å². The first-order valence-electron chi connectivity index (χ1n) is 10.1. The van der Waals surface area contributed by atoms with Gasteiger partial charge < -0.3 is 14.5 Å². The van der Waals surface area contributed by atoms with Crippen molar-refractivity contribution in [2.24, 2.45) is 0 Å². The van der Waals surface area contributed by atoms with Crippen molar-refractivity contribution in [3.05, 3.63) is 64.6 Å². The Morgan fingerprint density at radius 2 is 1.57 bits per heavy atom. The lowest BCUT2D eigenvalue weighted by molar-refractivity contribution is 0.0636. The summed E-state index contributed by atoms with van der Waals surface area (Å²) >= 11 is 11.9. The van der Waals surface area contributed by atoms with E-state index in [1.807, 2.05) is 0 Å². The molecule has 9 nitrogen and oxygen atoms in total. The number of nitrogens with one attached hydrogen (secondary N) is 1. The van der Waals surface area contributed by atoms with Crippen molar-refractivity contribution in [2.45, 2.75) is 31.3 Å². The van der Waals surface area contributed by atoms with Crippen LogP contribution in [0, 0.1) is 0 Å². The van der Waals surface area contributed by atoms with Gasteiger partial charge in [-0.1, -0.05) is 35.3 Å². The number of anilines is 2. The lowest BCUT2D eigenvalue weighted by atomic mass is 10.1. The van der Waals surface area contributed by atoms with Crippen molar-refractivity contribution in [1.82, 2.24) is 0 Å². The number of carbonyl (C=O) groups is 1. The molecule has 0 aliphatic heterocycles. The molecule has 0 unspecified atom stereocenters. The van der Waals surface area contributed by atoms with Crippen LogP contribution in [0.3, 0.4) is 0 Å². The van der Waals surface area contributed by atoms with E-state index in [2.05, 4.69) is 5.32 Å². The molecule has 0 bridgehead atoms. The number of sulfonamides is 1. The zero-order chi connectivity index (χ0) is 26.2. The van der Waals surface area contributed by atoms with Gasteiger partial charge in [0.05, 0.1) is 10.6 Å². The molecule has 0 heterocycles. The Labute approximate surface area is 212 Å². The molecule has 0 aliphatic carbocycles. The van der Waals surface area contributed by atoms with Gasteiger partial charge in [-0.15, -0.1) is 0 Å². The molecule has 0 radical (unpaired) electrons.